The molecule has 88 valence electrons. The highest BCUT2D eigenvalue weighted by Crippen LogP contribution is 2.34. The lowest BCUT2D eigenvalue weighted by atomic mass is 9.78. The van der Waals surface area contributed by atoms with Gasteiger partial charge in [-0.15, -0.1) is 11.3 Å². The first-order chi connectivity index (χ1) is 7.56. The Hall–Kier alpha value is 0.130. The Kier molecular flexibility index (Phi) is 3.76. The average molecular weight is 367 g/mol. The third-order valence-corrected chi connectivity index (χ3v) is 6.23. The van der Waals surface area contributed by atoms with Crippen LogP contribution in [0.1, 0.15) is 34.5 Å². The molecule has 0 aliphatic heterocycles. The summed E-state index contributed by atoms with van der Waals surface area (Å²) in [6.07, 6.45) is 3.37. The van der Waals surface area contributed by atoms with Gasteiger partial charge in [-0.2, -0.15) is 0 Å². The van der Waals surface area contributed by atoms with Gasteiger partial charge in [-0.3, -0.25) is 4.79 Å². The molecule has 5 heteroatoms. The van der Waals surface area contributed by atoms with Gasteiger partial charge in [0.1, 0.15) is 0 Å². The number of nitrogens with one attached hydrogen (secondary N) is 1. The van der Waals surface area contributed by atoms with E-state index >= 15 is 0 Å². The first kappa shape index (κ1) is 12.6. The van der Waals surface area contributed by atoms with Crippen LogP contribution in [0.5, 0.6) is 0 Å². The molecule has 1 heterocycles. The Morgan fingerprint density at radius 1 is 1.62 bits per heavy atom. The zero-order valence-electron chi connectivity index (χ0n) is 8.98. The second-order valence-electron chi connectivity index (χ2n) is 4.29. The molecule has 0 bridgehead atoms. The molecule has 0 aromatic carbocycles. The molecule has 0 atom stereocenters. The molecule has 1 aromatic heterocycles. The fraction of sp³-hybridized carbons (Fsp3) is 0.545. The highest BCUT2D eigenvalue weighted by Gasteiger charge is 2.37. The maximum atomic E-state index is 12.0. The molecule has 1 fully saturated rings. The minimum Gasteiger partial charge on any atom is -0.345 e. The topological polar surface area (TPSA) is 29.1 Å². The van der Waals surface area contributed by atoms with Crippen LogP contribution >= 0.6 is 43.2 Å². The number of carbonyl (C=O) groups is 1. The lowest BCUT2D eigenvalue weighted by Crippen LogP contribution is -2.54. The smallest absolute Gasteiger partial charge is 0.261 e. The molecule has 2 nitrogen and oxygen atoms in total. The van der Waals surface area contributed by atoms with Crippen molar-refractivity contribution in [3.63, 3.8) is 0 Å². The van der Waals surface area contributed by atoms with Crippen LogP contribution in [-0.4, -0.2) is 16.8 Å². The van der Waals surface area contributed by atoms with Crippen molar-refractivity contribution in [2.24, 2.45) is 0 Å². The van der Waals surface area contributed by atoms with Crippen molar-refractivity contribution in [2.75, 3.05) is 5.33 Å². The van der Waals surface area contributed by atoms with Crippen molar-refractivity contribution in [1.29, 1.82) is 0 Å². The van der Waals surface area contributed by atoms with E-state index < -0.39 is 0 Å². The number of carbonyl (C=O) groups excluding carboxylic acids is 1. The molecule has 0 spiro atoms. The zero-order chi connectivity index (χ0) is 11.8. The Labute approximate surface area is 116 Å². The second-order valence-corrected chi connectivity index (χ2v) is 7.22. The van der Waals surface area contributed by atoms with Crippen LogP contribution in [0, 0.1) is 6.92 Å². The number of hydrogen-bond donors (Lipinski definition) is 1. The number of rotatable bonds is 3. The van der Waals surface area contributed by atoms with Crippen LogP contribution in [-0.2, 0) is 0 Å². The first-order valence-corrected chi connectivity index (χ1v) is 7.94. The molecule has 1 amide bonds. The van der Waals surface area contributed by atoms with Gasteiger partial charge in [-0.1, -0.05) is 15.9 Å². The summed E-state index contributed by atoms with van der Waals surface area (Å²) in [6.45, 7) is 2.00. The molecule has 0 radical (unpaired) electrons. The molecule has 16 heavy (non-hydrogen) atoms. The van der Waals surface area contributed by atoms with Crippen LogP contribution < -0.4 is 5.32 Å². The SMILES string of the molecule is Cc1cc(C(=O)NC2(CBr)CCC2)sc1Br. The fourth-order valence-corrected chi connectivity index (χ4v) is 3.90. The van der Waals surface area contributed by atoms with Crippen molar-refractivity contribution >= 4 is 49.1 Å². The van der Waals surface area contributed by atoms with Crippen molar-refractivity contribution in [1.82, 2.24) is 5.32 Å². The van der Waals surface area contributed by atoms with E-state index in [1.54, 1.807) is 0 Å². The van der Waals surface area contributed by atoms with E-state index in [0.717, 1.165) is 32.4 Å². The number of halogens is 2. The summed E-state index contributed by atoms with van der Waals surface area (Å²) in [5.74, 6) is 0.0537. The lowest BCUT2D eigenvalue weighted by Gasteiger charge is -2.41. The van der Waals surface area contributed by atoms with Gasteiger partial charge in [-0.25, -0.2) is 0 Å². The van der Waals surface area contributed by atoms with Crippen LogP contribution in [0.3, 0.4) is 0 Å². The van der Waals surface area contributed by atoms with Gasteiger partial charge in [0.2, 0.25) is 0 Å². The maximum absolute atomic E-state index is 12.0. The van der Waals surface area contributed by atoms with E-state index in [1.165, 1.54) is 17.8 Å². The normalized spacial score (nSPS) is 17.9. The molecular formula is C11H13Br2NOS. The van der Waals surface area contributed by atoms with E-state index in [1.807, 2.05) is 13.0 Å². The molecule has 1 aliphatic carbocycles. The van der Waals surface area contributed by atoms with Gasteiger partial charge < -0.3 is 5.32 Å². The Bertz CT molecular complexity index is 387. The van der Waals surface area contributed by atoms with E-state index in [9.17, 15) is 4.79 Å². The van der Waals surface area contributed by atoms with Crippen molar-refractivity contribution < 1.29 is 4.79 Å². The summed E-state index contributed by atoms with van der Waals surface area (Å²) in [5, 5.41) is 3.98. The third-order valence-electron chi connectivity index (χ3n) is 3.03. The van der Waals surface area contributed by atoms with E-state index in [2.05, 4.69) is 37.2 Å². The number of alkyl halides is 1. The van der Waals surface area contributed by atoms with E-state index in [0.29, 0.717) is 0 Å². The second kappa shape index (κ2) is 4.78. The molecule has 1 aromatic rings. The van der Waals surface area contributed by atoms with E-state index in [4.69, 9.17) is 0 Å². The van der Waals surface area contributed by atoms with Crippen LogP contribution in [0.2, 0.25) is 0 Å². The van der Waals surface area contributed by atoms with Gasteiger partial charge in [0.25, 0.3) is 5.91 Å². The number of aryl methyl sites for hydroxylation is 1. The van der Waals surface area contributed by atoms with Crippen molar-refractivity contribution in [3.8, 4) is 0 Å². The number of thiophene rings is 1. The standard InChI is InChI=1S/C11H13Br2NOS/c1-7-5-8(16-9(7)13)10(15)14-11(6-12)3-2-4-11/h5H,2-4,6H2,1H3,(H,14,15). The van der Waals surface area contributed by atoms with Gasteiger partial charge in [-0.05, 0) is 53.7 Å². The molecular weight excluding hydrogens is 354 g/mol. The van der Waals surface area contributed by atoms with Gasteiger partial charge in [0.15, 0.2) is 0 Å². The summed E-state index contributed by atoms with van der Waals surface area (Å²) in [4.78, 5) is 12.8. The third kappa shape index (κ3) is 2.36. The maximum Gasteiger partial charge on any atom is 0.261 e. The summed E-state index contributed by atoms with van der Waals surface area (Å²) < 4.78 is 1.04. The Balaban J connectivity index is 2.08. The first-order valence-electron chi connectivity index (χ1n) is 5.21. The van der Waals surface area contributed by atoms with Crippen molar-refractivity contribution in [3.05, 3.63) is 20.3 Å². The summed E-state index contributed by atoms with van der Waals surface area (Å²) in [7, 11) is 0. The Morgan fingerprint density at radius 3 is 2.69 bits per heavy atom. The molecule has 0 unspecified atom stereocenters. The van der Waals surface area contributed by atoms with E-state index in [-0.39, 0.29) is 11.4 Å². The molecule has 1 saturated carbocycles. The Morgan fingerprint density at radius 2 is 2.31 bits per heavy atom. The van der Waals surface area contributed by atoms with Crippen LogP contribution in [0.4, 0.5) is 0 Å². The highest BCUT2D eigenvalue weighted by molar-refractivity contribution is 9.11. The summed E-state index contributed by atoms with van der Waals surface area (Å²) in [6, 6.07) is 1.94. The monoisotopic (exact) mass is 365 g/mol. The van der Waals surface area contributed by atoms with Crippen LogP contribution in [0.15, 0.2) is 9.85 Å². The number of hydrogen-bond acceptors (Lipinski definition) is 2. The fourth-order valence-electron chi connectivity index (χ4n) is 1.77. The van der Waals surface area contributed by atoms with Gasteiger partial charge in [0, 0.05) is 5.33 Å². The quantitative estimate of drug-likeness (QED) is 0.808. The van der Waals surface area contributed by atoms with Crippen molar-refractivity contribution in [2.45, 2.75) is 31.7 Å². The predicted molar refractivity (Wildman–Crippen MR) is 74.6 cm³/mol. The molecule has 0 saturated heterocycles. The lowest BCUT2D eigenvalue weighted by molar-refractivity contribution is 0.0860. The average Bonchev–Trinajstić information content (AvgIpc) is 2.53. The minimum absolute atomic E-state index is 0.00144. The highest BCUT2D eigenvalue weighted by atomic mass is 79.9. The largest absolute Gasteiger partial charge is 0.345 e. The predicted octanol–water partition coefficient (Wildman–Crippen LogP) is 3.87. The van der Waals surface area contributed by atoms with Crippen LogP contribution in [0.25, 0.3) is 0 Å². The number of amides is 1. The molecule has 1 N–H and O–H groups in total. The van der Waals surface area contributed by atoms with Gasteiger partial charge in [0.05, 0.1) is 14.2 Å². The minimum atomic E-state index is 0.00144. The summed E-state index contributed by atoms with van der Waals surface area (Å²) in [5.41, 5.74) is 1.12. The zero-order valence-corrected chi connectivity index (χ0v) is 13.0. The molecule has 1 aliphatic rings. The molecule has 2 rings (SSSR count). The summed E-state index contributed by atoms with van der Waals surface area (Å²) >= 11 is 8.42. The van der Waals surface area contributed by atoms with Gasteiger partial charge >= 0.3 is 0 Å².